The van der Waals surface area contributed by atoms with Gasteiger partial charge in [0.05, 0.1) is 6.61 Å². The normalized spacial score (nSPS) is 22.8. The van der Waals surface area contributed by atoms with Gasteiger partial charge in [0.1, 0.15) is 0 Å². The third kappa shape index (κ3) is 4.30. The van der Waals surface area contributed by atoms with Crippen LogP contribution in [0.2, 0.25) is 0 Å². The molecule has 2 nitrogen and oxygen atoms in total. The third-order valence-corrected chi connectivity index (χ3v) is 2.70. The summed E-state index contributed by atoms with van der Waals surface area (Å²) < 4.78 is 5.01. The quantitative estimate of drug-likeness (QED) is 0.485. The van der Waals surface area contributed by atoms with E-state index in [0.29, 0.717) is 18.9 Å². The largest absolute Gasteiger partial charge is 0.465 e. The van der Waals surface area contributed by atoms with E-state index >= 15 is 0 Å². The van der Waals surface area contributed by atoms with Gasteiger partial charge in [0.15, 0.2) is 0 Å². The Hall–Kier alpha value is -0.530. The minimum atomic E-state index is -0.00944. The predicted molar refractivity (Wildman–Crippen MR) is 52.4 cm³/mol. The molecule has 2 heteroatoms. The van der Waals surface area contributed by atoms with E-state index in [1.807, 2.05) is 0 Å². The molecule has 1 aliphatic heterocycles. The molecule has 1 aliphatic rings. The molecule has 0 aromatic heterocycles. The number of hydrogen-bond acceptors (Lipinski definition) is 2. The average molecular weight is 184 g/mol. The van der Waals surface area contributed by atoms with E-state index in [1.165, 1.54) is 32.1 Å². The maximum Gasteiger partial charge on any atom is 0.305 e. The van der Waals surface area contributed by atoms with E-state index in [0.717, 1.165) is 6.42 Å². The summed E-state index contributed by atoms with van der Waals surface area (Å²) in [6.45, 7) is 2.90. The molecule has 0 N–H and O–H groups in total. The van der Waals surface area contributed by atoms with Gasteiger partial charge in [0.25, 0.3) is 0 Å². The van der Waals surface area contributed by atoms with Crippen molar-refractivity contribution in [3.8, 4) is 0 Å². The first-order valence-electron chi connectivity index (χ1n) is 5.48. The molecule has 1 saturated heterocycles. The lowest BCUT2D eigenvalue weighted by Gasteiger charge is -2.21. The number of rotatable bonds is 5. The van der Waals surface area contributed by atoms with Gasteiger partial charge in [-0.15, -0.1) is 0 Å². The molecular weight excluding hydrogens is 164 g/mol. The van der Waals surface area contributed by atoms with Crippen LogP contribution in [0.3, 0.4) is 0 Å². The molecule has 13 heavy (non-hydrogen) atoms. The topological polar surface area (TPSA) is 26.3 Å². The van der Waals surface area contributed by atoms with Crippen LogP contribution >= 0.6 is 0 Å². The van der Waals surface area contributed by atoms with Crippen molar-refractivity contribution in [2.75, 3.05) is 6.61 Å². The number of cyclic esters (lactones) is 1. The predicted octanol–water partition coefficient (Wildman–Crippen LogP) is 2.91. The molecule has 0 aromatic carbocycles. The molecule has 0 bridgehead atoms. The maximum absolute atomic E-state index is 10.8. The van der Waals surface area contributed by atoms with E-state index in [-0.39, 0.29) is 5.97 Å². The fourth-order valence-electron chi connectivity index (χ4n) is 1.78. The lowest BCUT2D eigenvalue weighted by Crippen LogP contribution is -2.21. The van der Waals surface area contributed by atoms with Crippen molar-refractivity contribution < 1.29 is 9.53 Å². The standard InChI is InChI=1S/C11H20O2/c1-2-3-4-5-6-10-7-8-11(12)13-9-10/h10H,2-9H2,1H3/t10-/m0/s1. The van der Waals surface area contributed by atoms with Gasteiger partial charge in [-0.05, 0) is 18.8 Å². The summed E-state index contributed by atoms with van der Waals surface area (Å²) in [6, 6.07) is 0. The molecule has 0 aliphatic carbocycles. The number of carbonyl (C=O) groups is 1. The highest BCUT2D eigenvalue weighted by Crippen LogP contribution is 2.20. The first-order valence-corrected chi connectivity index (χ1v) is 5.48. The first-order chi connectivity index (χ1) is 6.33. The SMILES string of the molecule is CCCCCC[C@H]1CCC(=O)OC1. The summed E-state index contributed by atoms with van der Waals surface area (Å²) in [5.41, 5.74) is 0. The molecule has 0 spiro atoms. The van der Waals surface area contributed by atoms with E-state index in [9.17, 15) is 4.79 Å². The van der Waals surface area contributed by atoms with Crippen LogP contribution < -0.4 is 0 Å². The van der Waals surface area contributed by atoms with Crippen molar-refractivity contribution in [2.24, 2.45) is 5.92 Å². The molecule has 76 valence electrons. The second-order valence-corrected chi connectivity index (χ2v) is 3.94. The Bertz CT molecular complexity index is 144. The molecule has 0 radical (unpaired) electrons. The summed E-state index contributed by atoms with van der Waals surface area (Å²) in [4.78, 5) is 10.8. The minimum absolute atomic E-state index is 0.00944. The van der Waals surface area contributed by atoms with Crippen LogP contribution in [-0.4, -0.2) is 12.6 Å². The molecule has 0 amide bonds. The number of hydrogen-bond donors (Lipinski definition) is 0. The lowest BCUT2D eigenvalue weighted by atomic mass is 9.95. The van der Waals surface area contributed by atoms with Crippen molar-refractivity contribution in [2.45, 2.75) is 51.9 Å². The molecule has 1 atom stereocenters. The number of carbonyl (C=O) groups excluding carboxylic acids is 1. The molecule has 1 heterocycles. The van der Waals surface area contributed by atoms with Crippen LogP contribution in [0.5, 0.6) is 0 Å². The Labute approximate surface area is 80.7 Å². The van der Waals surface area contributed by atoms with Crippen LogP contribution in [0.15, 0.2) is 0 Å². The highest BCUT2D eigenvalue weighted by Gasteiger charge is 2.18. The highest BCUT2D eigenvalue weighted by atomic mass is 16.5. The van der Waals surface area contributed by atoms with E-state index < -0.39 is 0 Å². The zero-order chi connectivity index (χ0) is 9.52. The summed E-state index contributed by atoms with van der Waals surface area (Å²) in [5.74, 6) is 0.638. The second kappa shape index (κ2) is 6.01. The van der Waals surface area contributed by atoms with Crippen LogP contribution in [0.4, 0.5) is 0 Å². The minimum Gasteiger partial charge on any atom is -0.465 e. The second-order valence-electron chi connectivity index (χ2n) is 3.94. The number of esters is 1. The van der Waals surface area contributed by atoms with Gasteiger partial charge in [0.2, 0.25) is 0 Å². The van der Waals surface area contributed by atoms with E-state index in [4.69, 9.17) is 4.74 Å². The Morgan fingerprint density at radius 3 is 2.85 bits per heavy atom. The van der Waals surface area contributed by atoms with Crippen LogP contribution in [0, 0.1) is 5.92 Å². The van der Waals surface area contributed by atoms with E-state index in [2.05, 4.69) is 6.92 Å². The summed E-state index contributed by atoms with van der Waals surface area (Å²) in [6.07, 6.45) is 8.19. The van der Waals surface area contributed by atoms with Crippen molar-refractivity contribution in [1.82, 2.24) is 0 Å². The van der Waals surface area contributed by atoms with Crippen molar-refractivity contribution in [3.63, 3.8) is 0 Å². The fraction of sp³-hybridized carbons (Fsp3) is 0.909. The summed E-state index contributed by atoms with van der Waals surface area (Å²) in [5, 5.41) is 0. The van der Waals surface area contributed by atoms with Gasteiger partial charge in [-0.3, -0.25) is 4.79 Å². The average Bonchev–Trinajstić information content (AvgIpc) is 2.15. The fourth-order valence-corrected chi connectivity index (χ4v) is 1.78. The molecule has 1 fully saturated rings. The Balaban J connectivity index is 1.99. The van der Waals surface area contributed by atoms with Gasteiger partial charge in [-0.25, -0.2) is 0 Å². The molecule has 0 saturated carbocycles. The van der Waals surface area contributed by atoms with Crippen LogP contribution in [0.1, 0.15) is 51.9 Å². The monoisotopic (exact) mass is 184 g/mol. The summed E-state index contributed by atoms with van der Waals surface area (Å²) >= 11 is 0. The number of ether oxygens (including phenoxy) is 1. The van der Waals surface area contributed by atoms with Gasteiger partial charge >= 0.3 is 5.97 Å². The molecular formula is C11H20O2. The van der Waals surface area contributed by atoms with E-state index in [1.54, 1.807) is 0 Å². The zero-order valence-corrected chi connectivity index (χ0v) is 8.55. The van der Waals surface area contributed by atoms with Crippen molar-refractivity contribution >= 4 is 5.97 Å². The van der Waals surface area contributed by atoms with Crippen molar-refractivity contribution in [3.05, 3.63) is 0 Å². The smallest absolute Gasteiger partial charge is 0.305 e. The van der Waals surface area contributed by atoms with Gasteiger partial charge < -0.3 is 4.74 Å². The Kier molecular flexibility index (Phi) is 4.87. The van der Waals surface area contributed by atoms with Crippen LogP contribution in [-0.2, 0) is 9.53 Å². The van der Waals surface area contributed by atoms with Gasteiger partial charge in [-0.1, -0.05) is 32.6 Å². The maximum atomic E-state index is 10.8. The zero-order valence-electron chi connectivity index (χ0n) is 8.55. The first kappa shape index (κ1) is 10.6. The summed E-state index contributed by atoms with van der Waals surface area (Å²) in [7, 11) is 0. The molecule has 0 aromatic rings. The van der Waals surface area contributed by atoms with Crippen molar-refractivity contribution in [1.29, 1.82) is 0 Å². The van der Waals surface area contributed by atoms with Gasteiger partial charge in [0, 0.05) is 6.42 Å². The number of unbranched alkanes of at least 4 members (excludes halogenated alkanes) is 3. The van der Waals surface area contributed by atoms with Gasteiger partial charge in [-0.2, -0.15) is 0 Å². The molecule has 0 unspecified atom stereocenters. The third-order valence-electron chi connectivity index (χ3n) is 2.70. The van der Waals surface area contributed by atoms with Crippen LogP contribution in [0.25, 0.3) is 0 Å². The Morgan fingerprint density at radius 1 is 1.38 bits per heavy atom. The highest BCUT2D eigenvalue weighted by molar-refractivity contribution is 5.69. The Morgan fingerprint density at radius 2 is 2.23 bits per heavy atom. The lowest BCUT2D eigenvalue weighted by molar-refractivity contribution is -0.149. The molecule has 1 rings (SSSR count).